The Morgan fingerprint density at radius 2 is 0.979 bits per heavy atom. The highest BCUT2D eigenvalue weighted by molar-refractivity contribution is 6.12. The van der Waals surface area contributed by atoms with Gasteiger partial charge in [0, 0.05) is 32.8 Å². The molecule has 0 N–H and O–H groups in total. The summed E-state index contributed by atoms with van der Waals surface area (Å²) in [4.78, 5) is 0. The molecule has 0 atom stereocenters. The molecule has 0 unspecified atom stereocenters. The first-order chi connectivity index (χ1) is 23.7. The molecule has 0 spiro atoms. The quantitative estimate of drug-likeness (QED) is 0.199. The molecule has 0 saturated carbocycles. The summed E-state index contributed by atoms with van der Waals surface area (Å²) in [6, 6.07) is 56.0. The van der Waals surface area contributed by atoms with E-state index in [0.29, 0.717) is 11.1 Å². The van der Waals surface area contributed by atoms with Crippen molar-refractivity contribution in [2.24, 2.45) is 0 Å². The van der Waals surface area contributed by atoms with Crippen LogP contribution in [0.1, 0.15) is 11.1 Å². The lowest BCUT2D eigenvalue weighted by molar-refractivity contribution is 0.670. The van der Waals surface area contributed by atoms with Gasteiger partial charge < -0.3 is 8.98 Å². The van der Waals surface area contributed by atoms with Crippen LogP contribution in [0.3, 0.4) is 0 Å². The minimum Gasteiger partial charge on any atom is -0.455 e. The molecule has 4 heteroatoms. The van der Waals surface area contributed by atoms with Crippen LogP contribution in [0.5, 0.6) is 0 Å². The third kappa shape index (κ3) is 4.36. The van der Waals surface area contributed by atoms with Gasteiger partial charge in [-0.3, -0.25) is 0 Å². The molecule has 0 amide bonds. The van der Waals surface area contributed by atoms with E-state index in [2.05, 4.69) is 95.6 Å². The number of nitrogens with zero attached hydrogens (tertiary/aromatic N) is 3. The number of aromatic nitrogens is 1. The highest BCUT2D eigenvalue weighted by Crippen LogP contribution is 2.41. The second-order valence-electron chi connectivity index (χ2n) is 12.0. The smallest absolute Gasteiger partial charge is 0.143 e. The van der Waals surface area contributed by atoms with Crippen molar-refractivity contribution in [3.8, 4) is 51.2 Å². The Labute approximate surface area is 276 Å². The van der Waals surface area contributed by atoms with Crippen LogP contribution in [0.2, 0.25) is 0 Å². The maximum Gasteiger partial charge on any atom is 0.143 e. The lowest BCUT2D eigenvalue weighted by Gasteiger charge is -2.13. The van der Waals surface area contributed by atoms with E-state index in [1.54, 1.807) is 0 Å². The van der Waals surface area contributed by atoms with E-state index in [9.17, 15) is 10.5 Å². The predicted molar refractivity (Wildman–Crippen MR) is 194 cm³/mol. The molecule has 0 aliphatic carbocycles. The average molecular weight is 612 g/mol. The van der Waals surface area contributed by atoms with Crippen molar-refractivity contribution in [1.82, 2.24) is 4.57 Å². The first-order valence-electron chi connectivity index (χ1n) is 15.8. The van der Waals surface area contributed by atoms with Gasteiger partial charge in [-0.15, -0.1) is 0 Å². The summed E-state index contributed by atoms with van der Waals surface area (Å²) < 4.78 is 8.63. The fourth-order valence-electron chi connectivity index (χ4n) is 7.02. The molecule has 0 bridgehead atoms. The van der Waals surface area contributed by atoms with Crippen LogP contribution in [-0.4, -0.2) is 4.57 Å². The molecule has 7 aromatic carbocycles. The summed E-state index contributed by atoms with van der Waals surface area (Å²) in [5.74, 6) is 0. The average Bonchev–Trinajstić information content (AvgIpc) is 3.70. The van der Waals surface area contributed by atoms with Gasteiger partial charge >= 0.3 is 0 Å². The third-order valence-electron chi connectivity index (χ3n) is 9.18. The van der Waals surface area contributed by atoms with Crippen molar-refractivity contribution in [3.63, 3.8) is 0 Å². The number of hydrogen-bond acceptors (Lipinski definition) is 3. The molecule has 0 radical (unpaired) electrons. The zero-order chi connectivity index (χ0) is 32.2. The normalized spacial score (nSPS) is 11.3. The highest BCUT2D eigenvalue weighted by atomic mass is 16.3. The largest absolute Gasteiger partial charge is 0.455 e. The fourth-order valence-corrected chi connectivity index (χ4v) is 7.02. The van der Waals surface area contributed by atoms with Gasteiger partial charge in [-0.1, -0.05) is 84.9 Å². The molecule has 0 aliphatic heterocycles. The van der Waals surface area contributed by atoms with Crippen LogP contribution in [0, 0.1) is 22.7 Å². The lowest BCUT2D eigenvalue weighted by atomic mass is 9.92. The van der Waals surface area contributed by atoms with Crippen LogP contribution in [0.25, 0.3) is 82.8 Å². The Hall–Kier alpha value is -6.88. The topological polar surface area (TPSA) is 65.7 Å². The van der Waals surface area contributed by atoms with E-state index >= 15 is 0 Å². The number of nitriles is 2. The van der Waals surface area contributed by atoms with Gasteiger partial charge in [0.05, 0.1) is 34.3 Å². The first-order valence-corrected chi connectivity index (χ1v) is 15.8. The zero-order valence-electron chi connectivity index (χ0n) is 25.7. The van der Waals surface area contributed by atoms with Crippen molar-refractivity contribution in [2.45, 2.75) is 0 Å². The van der Waals surface area contributed by atoms with E-state index in [4.69, 9.17) is 4.42 Å². The monoisotopic (exact) mass is 611 g/mol. The Kier molecular flexibility index (Phi) is 6.22. The number of furan rings is 1. The van der Waals surface area contributed by atoms with Crippen LogP contribution < -0.4 is 0 Å². The van der Waals surface area contributed by atoms with Crippen molar-refractivity contribution >= 4 is 43.7 Å². The Morgan fingerprint density at radius 1 is 0.438 bits per heavy atom. The summed E-state index contributed by atoms with van der Waals surface area (Å²) in [6.45, 7) is 0. The summed E-state index contributed by atoms with van der Waals surface area (Å²) in [6.07, 6.45) is 0. The summed E-state index contributed by atoms with van der Waals surface area (Å²) in [7, 11) is 0. The van der Waals surface area contributed by atoms with Gasteiger partial charge in [-0.25, -0.2) is 0 Å². The van der Waals surface area contributed by atoms with Crippen LogP contribution >= 0.6 is 0 Å². The van der Waals surface area contributed by atoms with Gasteiger partial charge in [0.15, 0.2) is 0 Å². The van der Waals surface area contributed by atoms with Crippen LogP contribution in [-0.2, 0) is 0 Å². The molecule has 9 rings (SSSR count). The van der Waals surface area contributed by atoms with Crippen molar-refractivity contribution in [1.29, 1.82) is 10.5 Å². The Morgan fingerprint density at radius 3 is 1.65 bits per heavy atom. The second-order valence-corrected chi connectivity index (χ2v) is 12.0. The van der Waals surface area contributed by atoms with Gasteiger partial charge in [0.25, 0.3) is 0 Å². The summed E-state index contributed by atoms with van der Waals surface area (Å²) >= 11 is 0. The molecule has 2 heterocycles. The maximum atomic E-state index is 10.2. The maximum absolute atomic E-state index is 10.2. The lowest BCUT2D eigenvalue weighted by Crippen LogP contribution is -1.96. The molecular weight excluding hydrogens is 587 g/mol. The van der Waals surface area contributed by atoms with Gasteiger partial charge in [-0.05, 0) is 94.5 Å². The van der Waals surface area contributed by atoms with Crippen LogP contribution in [0.15, 0.2) is 156 Å². The predicted octanol–water partition coefficient (Wildman–Crippen LogP) is 11.4. The van der Waals surface area contributed by atoms with Gasteiger partial charge in [0.2, 0.25) is 0 Å². The minimum atomic E-state index is 0.543. The van der Waals surface area contributed by atoms with Crippen molar-refractivity contribution < 1.29 is 4.42 Å². The third-order valence-corrected chi connectivity index (χ3v) is 9.18. The Balaban J connectivity index is 1.27. The van der Waals surface area contributed by atoms with E-state index in [1.165, 1.54) is 0 Å². The molecule has 0 aliphatic rings. The minimum absolute atomic E-state index is 0.543. The van der Waals surface area contributed by atoms with E-state index in [-0.39, 0.29) is 0 Å². The zero-order valence-corrected chi connectivity index (χ0v) is 25.7. The number of hydrogen-bond donors (Lipinski definition) is 0. The number of fused-ring (bicyclic) bond motifs is 6. The van der Waals surface area contributed by atoms with E-state index in [1.807, 2.05) is 72.8 Å². The second kappa shape index (κ2) is 10.9. The Bertz CT molecular complexity index is 2750. The van der Waals surface area contributed by atoms with Crippen molar-refractivity contribution in [2.75, 3.05) is 0 Å². The first kappa shape index (κ1) is 27.4. The van der Waals surface area contributed by atoms with Crippen LogP contribution in [0.4, 0.5) is 0 Å². The highest BCUT2D eigenvalue weighted by Gasteiger charge is 2.17. The number of rotatable bonds is 4. The molecule has 48 heavy (non-hydrogen) atoms. The molecule has 4 nitrogen and oxygen atoms in total. The van der Waals surface area contributed by atoms with E-state index < -0.39 is 0 Å². The molecule has 2 aromatic heterocycles. The fraction of sp³-hybridized carbons (Fsp3) is 0. The molecular formula is C44H25N3O. The summed E-state index contributed by atoms with van der Waals surface area (Å²) in [5.41, 5.74) is 11.4. The molecule has 0 saturated heterocycles. The molecule has 0 fully saturated rings. The summed E-state index contributed by atoms with van der Waals surface area (Å²) in [5, 5.41) is 24.8. The SMILES string of the molecule is N#Cc1cc(-c2cc(C#N)cc(-n3c4ccccc4c4ccccc43)c2)cc(-c2cc(-c3ccccc3)c3oc4ccccc4c3c2)c1. The number of benzene rings is 7. The molecule has 222 valence electrons. The van der Waals surface area contributed by atoms with Crippen molar-refractivity contribution in [3.05, 3.63) is 163 Å². The molecule has 9 aromatic rings. The van der Waals surface area contributed by atoms with Gasteiger partial charge in [-0.2, -0.15) is 10.5 Å². The van der Waals surface area contributed by atoms with E-state index in [0.717, 1.165) is 82.8 Å². The standard InChI is InChI=1S/C44H25N3O/c45-26-28-18-31(33-20-29(27-46)21-35(23-33)47-41-15-7-4-12-36(41)37-13-5-8-16-42(37)47)22-32(19-28)34-24-39(30-10-2-1-3-11-30)44-40(25-34)38-14-6-9-17-43(38)48-44/h1-25H. The van der Waals surface area contributed by atoms with Gasteiger partial charge in [0.1, 0.15) is 11.2 Å². The number of para-hydroxylation sites is 3.